The second kappa shape index (κ2) is 4.38. The number of aryl methyl sites for hydroxylation is 2. The number of hydrazine groups is 1. The van der Waals surface area contributed by atoms with Crippen LogP contribution in [0.4, 0.5) is 0 Å². The molecule has 2 aromatic rings. The zero-order chi connectivity index (χ0) is 11.5. The molecular formula is C10H14N6. The molecule has 0 aliphatic carbocycles. The molecule has 2 heterocycles. The Bertz CT molecular complexity index is 460. The van der Waals surface area contributed by atoms with Gasteiger partial charge in [0.25, 0.3) is 0 Å². The summed E-state index contributed by atoms with van der Waals surface area (Å²) < 4.78 is 1.74. The van der Waals surface area contributed by atoms with Gasteiger partial charge in [0.2, 0.25) is 0 Å². The predicted molar refractivity (Wildman–Crippen MR) is 59.1 cm³/mol. The van der Waals surface area contributed by atoms with E-state index >= 15 is 0 Å². The largest absolute Gasteiger partial charge is 0.271 e. The van der Waals surface area contributed by atoms with Crippen molar-refractivity contribution in [3.05, 3.63) is 41.7 Å². The maximum Gasteiger partial charge on any atom is 0.152 e. The van der Waals surface area contributed by atoms with Gasteiger partial charge in [0.15, 0.2) is 5.82 Å². The van der Waals surface area contributed by atoms with Crippen molar-refractivity contribution in [3.63, 3.8) is 0 Å². The van der Waals surface area contributed by atoms with Crippen molar-refractivity contribution in [3.8, 4) is 0 Å². The maximum absolute atomic E-state index is 5.53. The van der Waals surface area contributed by atoms with Crippen LogP contribution in [0.1, 0.15) is 23.1 Å². The van der Waals surface area contributed by atoms with Crippen LogP contribution in [0.15, 0.2) is 24.7 Å². The fourth-order valence-electron chi connectivity index (χ4n) is 1.51. The van der Waals surface area contributed by atoms with E-state index in [9.17, 15) is 0 Å². The van der Waals surface area contributed by atoms with E-state index < -0.39 is 0 Å². The third-order valence-corrected chi connectivity index (χ3v) is 2.38. The molecule has 3 N–H and O–H groups in total. The summed E-state index contributed by atoms with van der Waals surface area (Å²) in [7, 11) is 1.86. The Kier molecular flexibility index (Phi) is 2.93. The minimum Gasteiger partial charge on any atom is -0.271 e. The van der Waals surface area contributed by atoms with Crippen molar-refractivity contribution in [1.29, 1.82) is 0 Å². The van der Waals surface area contributed by atoms with E-state index in [4.69, 9.17) is 5.84 Å². The van der Waals surface area contributed by atoms with E-state index in [2.05, 4.69) is 20.5 Å². The fraction of sp³-hybridized carbons (Fsp3) is 0.300. The van der Waals surface area contributed by atoms with Crippen molar-refractivity contribution < 1.29 is 0 Å². The molecule has 6 heteroatoms. The highest BCUT2D eigenvalue weighted by molar-refractivity contribution is 5.17. The second-order valence-corrected chi connectivity index (χ2v) is 3.60. The van der Waals surface area contributed by atoms with Gasteiger partial charge >= 0.3 is 0 Å². The molecule has 0 aliphatic rings. The zero-order valence-electron chi connectivity index (χ0n) is 9.25. The summed E-state index contributed by atoms with van der Waals surface area (Å²) in [5.41, 5.74) is 4.64. The number of hydrogen-bond acceptors (Lipinski definition) is 5. The smallest absolute Gasteiger partial charge is 0.152 e. The Morgan fingerprint density at radius 3 is 2.56 bits per heavy atom. The topological polar surface area (TPSA) is 81.6 Å². The van der Waals surface area contributed by atoms with E-state index in [1.165, 1.54) is 0 Å². The van der Waals surface area contributed by atoms with Gasteiger partial charge in [-0.2, -0.15) is 5.10 Å². The molecule has 0 spiro atoms. The number of rotatable bonds is 3. The first kappa shape index (κ1) is 10.7. The molecule has 0 fully saturated rings. The highest BCUT2D eigenvalue weighted by Crippen LogP contribution is 2.16. The molecule has 0 bridgehead atoms. The van der Waals surface area contributed by atoms with Gasteiger partial charge in [-0.05, 0) is 18.6 Å². The lowest BCUT2D eigenvalue weighted by Gasteiger charge is -2.14. The van der Waals surface area contributed by atoms with Gasteiger partial charge in [0.05, 0.1) is 5.69 Å². The number of nitrogens with one attached hydrogen (secondary N) is 1. The first-order chi connectivity index (χ1) is 7.72. The third-order valence-electron chi connectivity index (χ3n) is 2.38. The van der Waals surface area contributed by atoms with Crippen LogP contribution in [-0.2, 0) is 7.05 Å². The van der Waals surface area contributed by atoms with Crippen molar-refractivity contribution in [2.75, 3.05) is 0 Å². The van der Waals surface area contributed by atoms with Crippen LogP contribution in [0.25, 0.3) is 0 Å². The Balaban J connectivity index is 2.37. The van der Waals surface area contributed by atoms with Crippen LogP contribution in [0.2, 0.25) is 0 Å². The lowest BCUT2D eigenvalue weighted by molar-refractivity contribution is 0.550. The first-order valence-electron chi connectivity index (χ1n) is 4.95. The van der Waals surface area contributed by atoms with Crippen LogP contribution in [0.5, 0.6) is 0 Å². The summed E-state index contributed by atoms with van der Waals surface area (Å²) in [4.78, 5) is 8.50. The normalized spacial score (nSPS) is 12.7. The molecule has 6 nitrogen and oxygen atoms in total. The van der Waals surface area contributed by atoms with Crippen LogP contribution in [0, 0.1) is 6.92 Å². The summed E-state index contributed by atoms with van der Waals surface area (Å²) in [5.74, 6) is 6.17. The minimum atomic E-state index is -0.243. The average molecular weight is 218 g/mol. The summed E-state index contributed by atoms with van der Waals surface area (Å²) in [6.07, 6.45) is 5.25. The molecule has 0 saturated carbocycles. The molecule has 0 amide bonds. The van der Waals surface area contributed by atoms with Gasteiger partial charge in [-0.1, -0.05) is 0 Å². The van der Waals surface area contributed by atoms with Gasteiger partial charge < -0.3 is 0 Å². The number of hydrogen-bond donors (Lipinski definition) is 2. The molecule has 84 valence electrons. The second-order valence-electron chi connectivity index (χ2n) is 3.60. The van der Waals surface area contributed by atoms with Crippen LogP contribution < -0.4 is 11.3 Å². The Labute approximate surface area is 93.5 Å². The van der Waals surface area contributed by atoms with E-state index in [0.29, 0.717) is 5.82 Å². The Morgan fingerprint density at radius 1 is 1.38 bits per heavy atom. The van der Waals surface area contributed by atoms with Crippen molar-refractivity contribution in [1.82, 2.24) is 25.2 Å². The SMILES string of the molecule is Cc1cnc(C(NN)c2ccnn2C)nc1. The summed E-state index contributed by atoms with van der Waals surface area (Å²) in [6, 6.07) is 1.64. The van der Waals surface area contributed by atoms with Crippen molar-refractivity contribution in [2.24, 2.45) is 12.9 Å². The highest BCUT2D eigenvalue weighted by Gasteiger charge is 2.17. The molecule has 0 aromatic carbocycles. The van der Waals surface area contributed by atoms with Gasteiger partial charge in [0, 0.05) is 25.6 Å². The lowest BCUT2D eigenvalue weighted by atomic mass is 10.2. The molecule has 1 unspecified atom stereocenters. The zero-order valence-corrected chi connectivity index (χ0v) is 9.25. The molecule has 2 aromatic heterocycles. The van der Waals surface area contributed by atoms with E-state index in [1.807, 2.05) is 20.0 Å². The summed E-state index contributed by atoms with van der Waals surface area (Å²) in [5, 5.41) is 4.09. The van der Waals surface area contributed by atoms with Crippen LogP contribution in [0.3, 0.4) is 0 Å². The van der Waals surface area contributed by atoms with Gasteiger partial charge in [-0.25, -0.2) is 15.4 Å². The Hall–Kier alpha value is -1.79. The molecule has 0 saturated heterocycles. The maximum atomic E-state index is 5.53. The molecule has 1 atom stereocenters. The highest BCUT2D eigenvalue weighted by atomic mass is 15.3. The average Bonchev–Trinajstić information content (AvgIpc) is 2.69. The molecule has 0 aliphatic heterocycles. The summed E-state index contributed by atoms with van der Waals surface area (Å²) in [6.45, 7) is 1.94. The fourth-order valence-corrected chi connectivity index (χ4v) is 1.51. The quantitative estimate of drug-likeness (QED) is 0.563. The van der Waals surface area contributed by atoms with Crippen molar-refractivity contribution >= 4 is 0 Å². The standard InChI is InChI=1S/C10H14N6/c1-7-5-12-10(13-6-7)9(15-11)8-3-4-14-16(8)2/h3-6,9,15H,11H2,1-2H3. The monoisotopic (exact) mass is 218 g/mol. The van der Waals surface area contributed by atoms with Gasteiger partial charge in [-0.3, -0.25) is 10.5 Å². The number of aromatic nitrogens is 4. The molecular weight excluding hydrogens is 204 g/mol. The first-order valence-corrected chi connectivity index (χ1v) is 4.95. The molecule has 0 radical (unpaired) electrons. The van der Waals surface area contributed by atoms with Crippen LogP contribution >= 0.6 is 0 Å². The van der Waals surface area contributed by atoms with E-state index in [1.54, 1.807) is 23.3 Å². The summed E-state index contributed by atoms with van der Waals surface area (Å²) >= 11 is 0. The van der Waals surface area contributed by atoms with E-state index in [-0.39, 0.29) is 6.04 Å². The third kappa shape index (κ3) is 1.93. The minimum absolute atomic E-state index is 0.243. The van der Waals surface area contributed by atoms with Gasteiger partial charge in [0.1, 0.15) is 6.04 Å². The number of nitrogens with two attached hydrogens (primary N) is 1. The number of nitrogens with zero attached hydrogens (tertiary/aromatic N) is 4. The molecule has 16 heavy (non-hydrogen) atoms. The Morgan fingerprint density at radius 2 is 2.06 bits per heavy atom. The van der Waals surface area contributed by atoms with Gasteiger partial charge in [-0.15, -0.1) is 0 Å². The van der Waals surface area contributed by atoms with Crippen molar-refractivity contribution in [2.45, 2.75) is 13.0 Å². The van der Waals surface area contributed by atoms with E-state index in [0.717, 1.165) is 11.3 Å². The lowest BCUT2D eigenvalue weighted by Crippen LogP contribution is -2.31. The van der Waals surface area contributed by atoms with Crippen LogP contribution in [-0.4, -0.2) is 19.7 Å². The molecule has 2 rings (SSSR count). The predicted octanol–water partition coefficient (Wildman–Crippen LogP) is 0.0712.